The Morgan fingerprint density at radius 2 is 1.64 bits per heavy atom. The lowest BCUT2D eigenvalue weighted by atomic mass is 10.1. The minimum absolute atomic E-state index is 0.147. The van der Waals surface area contributed by atoms with Crippen molar-refractivity contribution < 1.29 is 19.2 Å². The maximum atomic E-state index is 12.4. The van der Waals surface area contributed by atoms with Crippen LogP contribution in [0, 0.1) is 0 Å². The maximum absolute atomic E-state index is 12.4. The van der Waals surface area contributed by atoms with Crippen molar-refractivity contribution in [3.05, 3.63) is 65.7 Å². The quantitative estimate of drug-likeness (QED) is 0.787. The van der Waals surface area contributed by atoms with Gasteiger partial charge in [-0.05, 0) is 24.3 Å². The topological polar surface area (TPSA) is 68.2 Å². The van der Waals surface area contributed by atoms with Crippen LogP contribution in [0.15, 0.2) is 59.8 Å². The van der Waals surface area contributed by atoms with E-state index in [2.05, 4.69) is 5.16 Å². The Hall–Kier alpha value is -3.15. The van der Waals surface area contributed by atoms with Crippen LogP contribution in [0.4, 0.5) is 0 Å². The van der Waals surface area contributed by atoms with Gasteiger partial charge in [0.2, 0.25) is 0 Å². The highest BCUT2D eigenvalue weighted by Gasteiger charge is 2.37. The van der Waals surface area contributed by atoms with Gasteiger partial charge in [0.15, 0.2) is 6.10 Å². The average Bonchev–Trinajstić information content (AvgIpc) is 3.20. The number of nitrogens with zero attached hydrogens (tertiary/aromatic N) is 2. The van der Waals surface area contributed by atoms with Gasteiger partial charge in [-0.25, -0.2) is 0 Å². The molecule has 0 fully saturated rings. The van der Waals surface area contributed by atoms with E-state index in [1.165, 1.54) is 4.90 Å². The minimum Gasteiger partial charge on any atom is -0.490 e. The highest BCUT2D eigenvalue weighted by atomic mass is 16.7. The van der Waals surface area contributed by atoms with Gasteiger partial charge in [0, 0.05) is 6.42 Å². The Bertz CT molecular complexity index is 813. The van der Waals surface area contributed by atoms with Crippen molar-refractivity contribution in [3.63, 3.8) is 0 Å². The molecule has 2 heterocycles. The fraction of sp³-hybridized carbons (Fsp3) is 0.211. The van der Waals surface area contributed by atoms with Crippen molar-refractivity contribution in [2.24, 2.45) is 5.16 Å². The molecule has 0 N–H and O–H groups in total. The number of hydrogen-bond acceptors (Lipinski definition) is 5. The van der Waals surface area contributed by atoms with Crippen LogP contribution in [0.25, 0.3) is 0 Å². The molecule has 25 heavy (non-hydrogen) atoms. The first-order valence-electron chi connectivity index (χ1n) is 8.07. The molecule has 1 unspecified atom stereocenters. The van der Waals surface area contributed by atoms with Crippen LogP contribution in [0.5, 0.6) is 5.75 Å². The third-order valence-corrected chi connectivity index (χ3v) is 4.19. The smallest absolute Gasteiger partial charge is 0.261 e. The van der Waals surface area contributed by atoms with E-state index in [0.29, 0.717) is 29.9 Å². The fourth-order valence-electron chi connectivity index (χ4n) is 2.94. The lowest BCUT2D eigenvalue weighted by molar-refractivity contribution is 0.0470. The largest absolute Gasteiger partial charge is 0.490 e. The normalized spacial score (nSPS) is 18.8. The van der Waals surface area contributed by atoms with E-state index in [0.717, 1.165) is 5.75 Å². The Morgan fingerprint density at radius 1 is 1.00 bits per heavy atom. The SMILES string of the molecule is O=C1c2ccccc2C(=O)N1CC1=NOC(COc2ccccc2)C1. The Morgan fingerprint density at radius 3 is 2.32 bits per heavy atom. The molecule has 0 aromatic heterocycles. The highest BCUT2D eigenvalue weighted by molar-refractivity contribution is 6.22. The zero-order valence-corrected chi connectivity index (χ0v) is 13.4. The van der Waals surface area contributed by atoms with Crippen molar-refractivity contribution >= 4 is 17.5 Å². The van der Waals surface area contributed by atoms with Crippen LogP contribution in [0.3, 0.4) is 0 Å². The van der Waals surface area contributed by atoms with E-state index >= 15 is 0 Å². The standard InChI is InChI=1S/C19H16N2O4/c22-18-16-8-4-5-9-17(16)19(23)21(18)11-13-10-15(25-20-13)12-24-14-6-2-1-3-7-14/h1-9,15H,10-12H2. The highest BCUT2D eigenvalue weighted by Crippen LogP contribution is 2.23. The Labute approximate surface area is 144 Å². The van der Waals surface area contributed by atoms with Gasteiger partial charge in [0.1, 0.15) is 12.4 Å². The number of para-hydroxylation sites is 1. The zero-order valence-electron chi connectivity index (χ0n) is 13.4. The van der Waals surface area contributed by atoms with Gasteiger partial charge in [-0.3, -0.25) is 14.5 Å². The third kappa shape index (κ3) is 2.98. The van der Waals surface area contributed by atoms with E-state index in [1.807, 2.05) is 30.3 Å². The van der Waals surface area contributed by atoms with E-state index < -0.39 is 0 Å². The lowest BCUT2D eigenvalue weighted by Crippen LogP contribution is -2.35. The molecule has 2 aliphatic rings. The van der Waals surface area contributed by atoms with E-state index in [-0.39, 0.29) is 24.5 Å². The number of fused-ring (bicyclic) bond motifs is 1. The van der Waals surface area contributed by atoms with E-state index in [1.54, 1.807) is 24.3 Å². The summed E-state index contributed by atoms with van der Waals surface area (Å²) in [5.41, 5.74) is 1.54. The molecule has 0 bridgehead atoms. The summed E-state index contributed by atoms with van der Waals surface area (Å²) in [5, 5.41) is 4.02. The molecule has 6 heteroatoms. The molecule has 6 nitrogen and oxygen atoms in total. The molecule has 0 saturated carbocycles. The van der Waals surface area contributed by atoms with Crippen LogP contribution in [0.2, 0.25) is 0 Å². The zero-order chi connectivity index (χ0) is 17.2. The second kappa shape index (κ2) is 6.39. The molecule has 2 aromatic carbocycles. The van der Waals surface area contributed by atoms with Crippen LogP contribution in [0.1, 0.15) is 27.1 Å². The Balaban J connectivity index is 1.34. The fourth-order valence-corrected chi connectivity index (χ4v) is 2.94. The van der Waals surface area contributed by atoms with Crippen molar-refractivity contribution in [3.8, 4) is 5.75 Å². The number of rotatable bonds is 5. The number of carbonyl (C=O) groups is 2. The monoisotopic (exact) mass is 336 g/mol. The van der Waals surface area contributed by atoms with E-state index in [4.69, 9.17) is 9.57 Å². The lowest BCUT2D eigenvalue weighted by Gasteiger charge is -2.13. The third-order valence-electron chi connectivity index (χ3n) is 4.19. The predicted molar refractivity (Wildman–Crippen MR) is 90.7 cm³/mol. The van der Waals surface area contributed by atoms with Gasteiger partial charge >= 0.3 is 0 Å². The number of amides is 2. The van der Waals surface area contributed by atoms with Crippen LogP contribution < -0.4 is 4.74 Å². The number of hydrogen-bond donors (Lipinski definition) is 0. The predicted octanol–water partition coefficient (Wildman–Crippen LogP) is 2.51. The first-order valence-corrected chi connectivity index (χ1v) is 8.07. The van der Waals surface area contributed by atoms with Gasteiger partial charge in [-0.1, -0.05) is 35.5 Å². The average molecular weight is 336 g/mol. The molecule has 2 aromatic rings. The molecule has 0 spiro atoms. The van der Waals surface area contributed by atoms with Crippen molar-refractivity contribution in [1.82, 2.24) is 4.90 Å². The van der Waals surface area contributed by atoms with Gasteiger partial charge in [-0.15, -0.1) is 0 Å². The molecule has 2 aliphatic heterocycles. The maximum Gasteiger partial charge on any atom is 0.261 e. The van der Waals surface area contributed by atoms with Crippen LogP contribution in [-0.2, 0) is 4.84 Å². The van der Waals surface area contributed by atoms with Gasteiger partial charge in [0.05, 0.1) is 23.4 Å². The van der Waals surface area contributed by atoms with Crippen molar-refractivity contribution in [2.75, 3.05) is 13.2 Å². The van der Waals surface area contributed by atoms with Crippen molar-refractivity contribution in [1.29, 1.82) is 0 Å². The Kier molecular flexibility index (Phi) is 3.93. The molecule has 2 amide bonds. The van der Waals surface area contributed by atoms with Crippen molar-refractivity contribution in [2.45, 2.75) is 12.5 Å². The van der Waals surface area contributed by atoms with Crippen LogP contribution in [-0.4, -0.2) is 41.7 Å². The number of imide groups is 1. The number of ether oxygens (including phenoxy) is 1. The minimum atomic E-state index is -0.285. The molecular formula is C19H16N2O4. The second-order valence-electron chi connectivity index (χ2n) is 5.96. The summed E-state index contributed by atoms with van der Waals surface area (Å²) < 4.78 is 5.66. The summed E-state index contributed by atoms with van der Waals surface area (Å²) in [4.78, 5) is 31.3. The second-order valence-corrected chi connectivity index (χ2v) is 5.96. The number of benzene rings is 2. The summed E-state index contributed by atoms with van der Waals surface area (Å²) in [6.45, 7) is 0.507. The first kappa shape index (κ1) is 15.4. The summed E-state index contributed by atoms with van der Waals surface area (Å²) >= 11 is 0. The van der Waals surface area contributed by atoms with Crippen LogP contribution >= 0.6 is 0 Å². The summed E-state index contributed by atoms with van der Waals surface area (Å²) in [7, 11) is 0. The summed E-state index contributed by atoms with van der Waals surface area (Å²) in [6, 6.07) is 16.3. The molecule has 0 saturated heterocycles. The summed E-state index contributed by atoms with van der Waals surface area (Å²) in [6.07, 6.45) is 0.311. The molecule has 4 rings (SSSR count). The molecule has 0 aliphatic carbocycles. The molecule has 126 valence electrons. The molecule has 0 radical (unpaired) electrons. The summed E-state index contributed by atoms with van der Waals surface area (Å²) in [5.74, 6) is 0.194. The number of oxime groups is 1. The van der Waals surface area contributed by atoms with Gasteiger partial charge < -0.3 is 9.57 Å². The molecule has 1 atom stereocenters. The van der Waals surface area contributed by atoms with Gasteiger partial charge in [-0.2, -0.15) is 0 Å². The first-order chi connectivity index (χ1) is 12.2. The van der Waals surface area contributed by atoms with Gasteiger partial charge in [0.25, 0.3) is 11.8 Å². The molecular weight excluding hydrogens is 320 g/mol. The number of carbonyl (C=O) groups excluding carboxylic acids is 2. The van der Waals surface area contributed by atoms with E-state index in [9.17, 15) is 9.59 Å².